The third kappa shape index (κ3) is 3.60. The summed E-state index contributed by atoms with van der Waals surface area (Å²) < 4.78 is 6.49. The number of hydrogen-bond acceptors (Lipinski definition) is 2. The van der Waals surface area contributed by atoms with Gasteiger partial charge < -0.3 is 10.1 Å². The summed E-state index contributed by atoms with van der Waals surface area (Å²) in [6.07, 6.45) is 5.41. The van der Waals surface area contributed by atoms with E-state index in [9.17, 15) is 4.79 Å². The topological polar surface area (TPSA) is 38.3 Å². The maximum absolute atomic E-state index is 12.0. The van der Waals surface area contributed by atoms with Crippen molar-refractivity contribution in [3.8, 4) is 5.75 Å². The average molecular weight is 352 g/mol. The fourth-order valence-corrected chi connectivity index (χ4v) is 4.39. The molecule has 114 valence electrons. The second-order valence-corrected chi connectivity index (χ2v) is 7.36. The molecule has 2 bridgehead atoms. The Hall–Kier alpha value is -1.03. The van der Waals surface area contributed by atoms with E-state index >= 15 is 0 Å². The maximum Gasteiger partial charge on any atom is 0.258 e. The van der Waals surface area contributed by atoms with Crippen molar-refractivity contribution in [2.24, 2.45) is 17.8 Å². The minimum absolute atomic E-state index is 0.0229. The van der Waals surface area contributed by atoms with Crippen LogP contribution in [0.25, 0.3) is 0 Å². The Kier molecular flexibility index (Phi) is 4.53. The van der Waals surface area contributed by atoms with E-state index in [2.05, 4.69) is 28.2 Å². The molecule has 1 aromatic carbocycles. The van der Waals surface area contributed by atoms with Gasteiger partial charge >= 0.3 is 0 Å². The zero-order chi connectivity index (χ0) is 14.8. The molecule has 2 aliphatic rings. The molecule has 3 nitrogen and oxygen atoms in total. The average Bonchev–Trinajstić information content (AvgIpc) is 3.08. The van der Waals surface area contributed by atoms with Gasteiger partial charge in [0.05, 0.1) is 0 Å². The van der Waals surface area contributed by atoms with Crippen LogP contribution >= 0.6 is 15.9 Å². The van der Waals surface area contributed by atoms with Crippen LogP contribution in [0.1, 0.15) is 32.6 Å². The molecule has 1 aromatic rings. The highest BCUT2D eigenvalue weighted by Crippen LogP contribution is 2.49. The van der Waals surface area contributed by atoms with E-state index in [1.165, 1.54) is 25.7 Å². The summed E-state index contributed by atoms with van der Waals surface area (Å²) in [4.78, 5) is 12.0. The summed E-state index contributed by atoms with van der Waals surface area (Å²) in [6.45, 7) is 2.23. The molecule has 2 fully saturated rings. The number of ether oxygens (including phenoxy) is 1. The minimum Gasteiger partial charge on any atom is -0.484 e. The first-order valence-electron chi connectivity index (χ1n) is 7.79. The first kappa shape index (κ1) is 14.9. The monoisotopic (exact) mass is 351 g/mol. The highest BCUT2D eigenvalue weighted by molar-refractivity contribution is 9.10. The molecule has 3 rings (SSSR count). The Morgan fingerprint density at radius 3 is 2.95 bits per heavy atom. The van der Waals surface area contributed by atoms with Crippen molar-refractivity contribution in [3.05, 3.63) is 28.7 Å². The Balaban J connectivity index is 1.46. The number of rotatable bonds is 5. The van der Waals surface area contributed by atoms with Gasteiger partial charge in [0.15, 0.2) is 6.61 Å². The predicted octanol–water partition coefficient (Wildman–Crippen LogP) is 3.77. The molecule has 0 saturated heterocycles. The highest BCUT2D eigenvalue weighted by Gasteiger charge is 2.42. The quantitative estimate of drug-likeness (QED) is 0.876. The van der Waals surface area contributed by atoms with Crippen LogP contribution < -0.4 is 10.1 Å². The normalized spacial score (nSPS) is 28.4. The summed E-state index contributed by atoms with van der Waals surface area (Å²) in [6, 6.07) is 7.82. The number of carbonyl (C=O) groups is 1. The summed E-state index contributed by atoms with van der Waals surface area (Å²) >= 11 is 3.39. The van der Waals surface area contributed by atoms with E-state index in [0.717, 1.165) is 16.3 Å². The Bertz CT molecular complexity index is 519. The van der Waals surface area contributed by atoms with Gasteiger partial charge in [-0.15, -0.1) is 0 Å². The lowest BCUT2D eigenvalue weighted by Crippen LogP contribution is -2.42. The molecule has 1 amide bonds. The van der Waals surface area contributed by atoms with E-state index in [-0.39, 0.29) is 18.6 Å². The van der Waals surface area contributed by atoms with Crippen molar-refractivity contribution < 1.29 is 9.53 Å². The number of amides is 1. The molecular weight excluding hydrogens is 330 g/mol. The molecule has 2 aliphatic carbocycles. The van der Waals surface area contributed by atoms with Crippen molar-refractivity contribution in [1.82, 2.24) is 5.32 Å². The minimum atomic E-state index is -0.0229. The molecule has 1 N–H and O–H groups in total. The molecule has 0 radical (unpaired) electrons. The third-order valence-electron chi connectivity index (χ3n) is 4.99. The summed E-state index contributed by atoms with van der Waals surface area (Å²) in [7, 11) is 0. The van der Waals surface area contributed by atoms with Crippen LogP contribution in [-0.4, -0.2) is 18.6 Å². The maximum atomic E-state index is 12.0. The van der Waals surface area contributed by atoms with E-state index < -0.39 is 0 Å². The molecule has 4 atom stereocenters. The summed E-state index contributed by atoms with van der Waals surface area (Å²) in [5.74, 6) is 3.10. The van der Waals surface area contributed by atoms with Gasteiger partial charge in [-0.1, -0.05) is 28.4 Å². The van der Waals surface area contributed by atoms with Gasteiger partial charge in [-0.25, -0.2) is 0 Å². The van der Waals surface area contributed by atoms with Crippen LogP contribution in [0, 0.1) is 17.8 Å². The molecule has 0 heterocycles. The molecule has 0 spiro atoms. The predicted molar refractivity (Wildman–Crippen MR) is 86.2 cm³/mol. The van der Waals surface area contributed by atoms with E-state index in [1.54, 1.807) is 0 Å². The van der Waals surface area contributed by atoms with E-state index in [0.29, 0.717) is 11.7 Å². The van der Waals surface area contributed by atoms with Crippen LogP contribution in [-0.2, 0) is 4.79 Å². The molecule has 21 heavy (non-hydrogen) atoms. The lowest BCUT2D eigenvalue weighted by atomic mass is 9.84. The van der Waals surface area contributed by atoms with E-state index in [1.807, 2.05) is 24.3 Å². The number of halogens is 1. The molecule has 0 aliphatic heterocycles. The summed E-state index contributed by atoms with van der Waals surface area (Å²) in [5, 5.41) is 3.12. The molecule has 0 aromatic heterocycles. The van der Waals surface area contributed by atoms with Crippen LogP contribution in [0.5, 0.6) is 5.75 Å². The van der Waals surface area contributed by atoms with Gasteiger partial charge in [0.25, 0.3) is 5.91 Å². The lowest BCUT2D eigenvalue weighted by Gasteiger charge is -2.28. The second-order valence-electron chi connectivity index (χ2n) is 6.44. The zero-order valence-corrected chi connectivity index (χ0v) is 13.9. The molecule has 2 saturated carbocycles. The van der Waals surface area contributed by atoms with Gasteiger partial charge in [0.2, 0.25) is 0 Å². The number of hydrogen-bond donors (Lipinski definition) is 1. The standard InChI is InChI=1S/C17H22BrNO2/c1-11(16-8-12-5-6-13(16)7-12)19-17(20)10-21-15-4-2-3-14(18)9-15/h2-4,9,11-13,16H,5-8,10H2,1H3,(H,19,20)/t11-,12+,13+,16+/m1/s1. The smallest absolute Gasteiger partial charge is 0.258 e. The SMILES string of the molecule is C[C@@H](NC(=O)COc1cccc(Br)c1)[C@@H]1C[C@H]2CC[C@H]1C2. The molecule has 4 heteroatoms. The van der Waals surface area contributed by atoms with Crippen molar-refractivity contribution in [1.29, 1.82) is 0 Å². The van der Waals surface area contributed by atoms with E-state index in [4.69, 9.17) is 4.74 Å². The molecular formula is C17H22BrNO2. The van der Waals surface area contributed by atoms with Crippen molar-refractivity contribution in [2.75, 3.05) is 6.61 Å². The zero-order valence-electron chi connectivity index (χ0n) is 12.3. The van der Waals surface area contributed by atoms with Crippen molar-refractivity contribution in [3.63, 3.8) is 0 Å². The Labute approximate surface area is 134 Å². The fraction of sp³-hybridized carbons (Fsp3) is 0.588. The first-order valence-corrected chi connectivity index (χ1v) is 8.59. The number of nitrogens with one attached hydrogen (secondary N) is 1. The largest absolute Gasteiger partial charge is 0.484 e. The number of fused-ring (bicyclic) bond motifs is 2. The Morgan fingerprint density at radius 1 is 1.43 bits per heavy atom. The number of benzene rings is 1. The van der Waals surface area contributed by atoms with Gasteiger partial charge in [0, 0.05) is 10.5 Å². The second kappa shape index (κ2) is 6.39. The van der Waals surface area contributed by atoms with Gasteiger partial charge in [-0.05, 0) is 62.1 Å². The lowest BCUT2D eigenvalue weighted by molar-refractivity contribution is -0.124. The fourth-order valence-electron chi connectivity index (χ4n) is 4.01. The van der Waals surface area contributed by atoms with Crippen LogP contribution in [0.15, 0.2) is 28.7 Å². The van der Waals surface area contributed by atoms with Crippen molar-refractivity contribution >= 4 is 21.8 Å². The van der Waals surface area contributed by atoms with Crippen LogP contribution in [0.2, 0.25) is 0 Å². The molecule has 0 unspecified atom stereocenters. The summed E-state index contributed by atoms with van der Waals surface area (Å²) in [5.41, 5.74) is 0. The van der Waals surface area contributed by atoms with Gasteiger partial charge in [0.1, 0.15) is 5.75 Å². The highest BCUT2D eigenvalue weighted by atomic mass is 79.9. The van der Waals surface area contributed by atoms with Crippen LogP contribution in [0.4, 0.5) is 0 Å². The first-order chi connectivity index (χ1) is 10.1. The number of carbonyl (C=O) groups excluding carboxylic acids is 1. The van der Waals surface area contributed by atoms with Crippen molar-refractivity contribution in [2.45, 2.75) is 38.6 Å². The Morgan fingerprint density at radius 2 is 2.29 bits per heavy atom. The van der Waals surface area contributed by atoms with Gasteiger partial charge in [-0.3, -0.25) is 4.79 Å². The van der Waals surface area contributed by atoms with Crippen LogP contribution in [0.3, 0.4) is 0 Å². The third-order valence-corrected chi connectivity index (χ3v) is 5.48. The van der Waals surface area contributed by atoms with Gasteiger partial charge in [-0.2, -0.15) is 0 Å².